The van der Waals surface area contributed by atoms with E-state index in [0.717, 1.165) is 17.1 Å². The van der Waals surface area contributed by atoms with E-state index in [1.54, 1.807) is 0 Å². The van der Waals surface area contributed by atoms with Gasteiger partial charge in [-0.25, -0.2) is 0 Å². The van der Waals surface area contributed by atoms with Crippen LogP contribution < -0.4 is 15.2 Å². The summed E-state index contributed by atoms with van der Waals surface area (Å²) < 4.78 is 10.8. The lowest BCUT2D eigenvalue weighted by Gasteiger charge is -2.18. The van der Waals surface area contributed by atoms with Crippen LogP contribution in [0, 0.1) is 5.41 Å². The highest BCUT2D eigenvalue weighted by molar-refractivity contribution is 5.79. The van der Waals surface area contributed by atoms with Gasteiger partial charge < -0.3 is 15.2 Å². The van der Waals surface area contributed by atoms with Crippen LogP contribution in [0.1, 0.15) is 5.56 Å². The normalized spacial score (nSPS) is 13.7. The summed E-state index contributed by atoms with van der Waals surface area (Å²) >= 11 is 0. The highest BCUT2D eigenvalue weighted by atomic mass is 16.6. The van der Waals surface area contributed by atoms with E-state index in [2.05, 4.69) is 0 Å². The van der Waals surface area contributed by atoms with Gasteiger partial charge in [-0.3, -0.25) is 5.41 Å². The number of ether oxygens (including phenoxy) is 2. The van der Waals surface area contributed by atoms with Crippen molar-refractivity contribution in [2.45, 2.75) is 6.42 Å². The van der Waals surface area contributed by atoms with Crippen molar-refractivity contribution in [2.75, 3.05) is 13.2 Å². The third kappa shape index (κ3) is 1.79. The molecular formula is C10H12N2O2. The molecule has 1 aliphatic rings. The van der Waals surface area contributed by atoms with Crippen molar-refractivity contribution in [3.05, 3.63) is 23.8 Å². The van der Waals surface area contributed by atoms with Crippen LogP contribution in [0.25, 0.3) is 0 Å². The average molecular weight is 192 g/mol. The minimum atomic E-state index is 0.154. The quantitative estimate of drug-likeness (QED) is 0.541. The first kappa shape index (κ1) is 8.87. The fourth-order valence-corrected chi connectivity index (χ4v) is 1.42. The van der Waals surface area contributed by atoms with E-state index in [9.17, 15) is 0 Å². The predicted molar refractivity (Wildman–Crippen MR) is 53.1 cm³/mol. The minimum absolute atomic E-state index is 0.154. The highest BCUT2D eigenvalue weighted by Crippen LogP contribution is 2.30. The molecule has 0 unspecified atom stereocenters. The molecule has 0 saturated carbocycles. The second kappa shape index (κ2) is 3.57. The topological polar surface area (TPSA) is 68.3 Å². The number of hydrogen-bond acceptors (Lipinski definition) is 3. The molecule has 1 aliphatic heterocycles. The van der Waals surface area contributed by atoms with Crippen LogP contribution in [0.15, 0.2) is 18.2 Å². The van der Waals surface area contributed by atoms with Gasteiger partial charge in [0.1, 0.15) is 13.2 Å². The smallest absolute Gasteiger partial charge is 0.161 e. The Balaban J connectivity index is 2.24. The summed E-state index contributed by atoms with van der Waals surface area (Å²) in [6.45, 7) is 1.18. The Kier molecular flexibility index (Phi) is 2.26. The van der Waals surface area contributed by atoms with Gasteiger partial charge in [-0.1, -0.05) is 6.07 Å². The number of hydrogen-bond donors (Lipinski definition) is 2. The third-order valence-electron chi connectivity index (χ3n) is 2.00. The molecule has 0 amide bonds. The van der Waals surface area contributed by atoms with Gasteiger partial charge in [0.25, 0.3) is 0 Å². The standard InChI is InChI=1S/C10H12N2O2/c11-10(12)6-7-1-2-8-9(5-7)14-4-3-13-8/h1-2,5H,3-4,6H2,(H3,11,12). The zero-order chi connectivity index (χ0) is 9.97. The summed E-state index contributed by atoms with van der Waals surface area (Å²) in [6.07, 6.45) is 0.455. The molecule has 4 heteroatoms. The number of rotatable bonds is 2. The predicted octanol–water partition coefficient (Wildman–Crippen LogP) is 0.936. The van der Waals surface area contributed by atoms with Crippen molar-refractivity contribution in [1.29, 1.82) is 5.41 Å². The first-order chi connectivity index (χ1) is 6.75. The van der Waals surface area contributed by atoms with Gasteiger partial charge >= 0.3 is 0 Å². The van der Waals surface area contributed by atoms with Crippen LogP contribution in [0.5, 0.6) is 11.5 Å². The molecule has 1 aromatic rings. The number of benzene rings is 1. The van der Waals surface area contributed by atoms with E-state index >= 15 is 0 Å². The zero-order valence-corrected chi connectivity index (χ0v) is 7.75. The van der Waals surface area contributed by atoms with Gasteiger partial charge in [-0.05, 0) is 17.7 Å². The molecule has 3 N–H and O–H groups in total. The Morgan fingerprint density at radius 1 is 1.29 bits per heavy atom. The Morgan fingerprint density at radius 2 is 2.00 bits per heavy atom. The zero-order valence-electron chi connectivity index (χ0n) is 7.75. The largest absolute Gasteiger partial charge is 0.486 e. The van der Waals surface area contributed by atoms with E-state index < -0.39 is 0 Å². The van der Waals surface area contributed by atoms with Crippen LogP contribution in [0.3, 0.4) is 0 Å². The molecular weight excluding hydrogens is 180 g/mol. The molecule has 0 radical (unpaired) electrons. The maximum absolute atomic E-state index is 7.18. The molecule has 4 nitrogen and oxygen atoms in total. The van der Waals surface area contributed by atoms with E-state index in [1.807, 2.05) is 18.2 Å². The van der Waals surface area contributed by atoms with Gasteiger partial charge in [0.05, 0.1) is 5.84 Å². The first-order valence-corrected chi connectivity index (χ1v) is 4.47. The van der Waals surface area contributed by atoms with Crippen LogP contribution >= 0.6 is 0 Å². The number of amidine groups is 1. The van der Waals surface area contributed by atoms with Crippen LogP contribution in [-0.2, 0) is 6.42 Å². The molecule has 0 fully saturated rings. The lowest BCUT2D eigenvalue weighted by molar-refractivity contribution is 0.171. The minimum Gasteiger partial charge on any atom is -0.486 e. The second-order valence-corrected chi connectivity index (χ2v) is 3.18. The lowest BCUT2D eigenvalue weighted by Crippen LogP contribution is -2.16. The summed E-state index contributed by atoms with van der Waals surface area (Å²) in [4.78, 5) is 0. The van der Waals surface area contributed by atoms with E-state index in [0.29, 0.717) is 19.6 Å². The molecule has 1 heterocycles. The molecule has 0 aliphatic carbocycles. The molecule has 74 valence electrons. The van der Waals surface area contributed by atoms with E-state index in [1.165, 1.54) is 0 Å². The van der Waals surface area contributed by atoms with Gasteiger partial charge in [0, 0.05) is 6.42 Å². The Bertz CT molecular complexity index is 363. The fraction of sp³-hybridized carbons (Fsp3) is 0.300. The van der Waals surface area contributed by atoms with Crippen molar-refractivity contribution < 1.29 is 9.47 Å². The number of nitrogens with one attached hydrogen (secondary N) is 1. The molecule has 14 heavy (non-hydrogen) atoms. The lowest BCUT2D eigenvalue weighted by atomic mass is 10.1. The third-order valence-corrected chi connectivity index (χ3v) is 2.00. The summed E-state index contributed by atoms with van der Waals surface area (Å²) in [5, 5.41) is 7.18. The molecule has 0 saturated heterocycles. The summed E-state index contributed by atoms with van der Waals surface area (Å²) in [5.41, 5.74) is 6.29. The van der Waals surface area contributed by atoms with Crippen LogP contribution in [0.4, 0.5) is 0 Å². The molecule has 0 spiro atoms. The van der Waals surface area contributed by atoms with Crippen LogP contribution in [-0.4, -0.2) is 19.0 Å². The fourth-order valence-electron chi connectivity index (χ4n) is 1.42. The van der Waals surface area contributed by atoms with Gasteiger partial charge in [-0.2, -0.15) is 0 Å². The van der Waals surface area contributed by atoms with E-state index in [-0.39, 0.29) is 5.84 Å². The number of fused-ring (bicyclic) bond motifs is 1. The molecule has 0 atom stereocenters. The summed E-state index contributed by atoms with van der Waals surface area (Å²) in [7, 11) is 0. The van der Waals surface area contributed by atoms with Gasteiger partial charge in [0.15, 0.2) is 11.5 Å². The molecule has 2 rings (SSSR count). The molecule has 0 aromatic heterocycles. The average Bonchev–Trinajstić information content (AvgIpc) is 2.17. The Labute approximate surface area is 82.1 Å². The number of nitrogens with two attached hydrogens (primary N) is 1. The van der Waals surface area contributed by atoms with Crippen molar-refractivity contribution in [3.8, 4) is 11.5 Å². The monoisotopic (exact) mass is 192 g/mol. The van der Waals surface area contributed by atoms with Gasteiger partial charge in [0.2, 0.25) is 0 Å². The second-order valence-electron chi connectivity index (χ2n) is 3.18. The first-order valence-electron chi connectivity index (χ1n) is 4.47. The van der Waals surface area contributed by atoms with Crippen molar-refractivity contribution in [3.63, 3.8) is 0 Å². The summed E-state index contributed by atoms with van der Waals surface area (Å²) in [6, 6.07) is 5.62. The van der Waals surface area contributed by atoms with E-state index in [4.69, 9.17) is 20.6 Å². The summed E-state index contributed by atoms with van der Waals surface area (Å²) in [5.74, 6) is 1.67. The van der Waals surface area contributed by atoms with Crippen molar-refractivity contribution in [2.24, 2.45) is 5.73 Å². The van der Waals surface area contributed by atoms with Gasteiger partial charge in [-0.15, -0.1) is 0 Å². The van der Waals surface area contributed by atoms with Crippen molar-refractivity contribution in [1.82, 2.24) is 0 Å². The highest BCUT2D eigenvalue weighted by Gasteiger charge is 2.11. The molecule has 1 aromatic carbocycles. The Morgan fingerprint density at radius 3 is 2.71 bits per heavy atom. The maximum Gasteiger partial charge on any atom is 0.161 e. The van der Waals surface area contributed by atoms with Crippen molar-refractivity contribution >= 4 is 5.84 Å². The SMILES string of the molecule is N=C(N)Cc1ccc2c(c1)OCCO2. The molecule has 0 bridgehead atoms. The van der Waals surface area contributed by atoms with Crippen LogP contribution in [0.2, 0.25) is 0 Å². The Hall–Kier alpha value is -1.71. The maximum atomic E-state index is 7.18.